The summed E-state index contributed by atoms with van der Waals surface area (Å²) in [7, 11) is 0. The molecule has 5 aromatic carbocycles. The fraction of sp³-hybridized carbons (Fsp3) is 0.121. The molecule has 0 aliphatic heterocycles. The van der Waals surface area contributed by atoms with Crippen molar-refractivity contribution in [2.45, 2.75) is 26.3 Å². The number of amidine groups is 1. The lowest BCUT2D eigenvalue weighted by Crippen LogP contribution is -2.35. The molecule has 0 fully saturated rings. The van der Waals surface area contributed by atoms with E-state index in [1.165, 1.54) is 22.3 Å². The maximum absolute atomic E-state index is 6.15. The molecular weight excluding hydrogens is 438 g/mol. The zero-order chi connectivity index (χ0) is 24.9. The van der Waals surface area contributed by atoms with Gasteiger partial charge in [0.25, 0.3) is 0 Å². The Labute approximate surface area is 213 Å². The number of benzene rings is 5. The summed E-state index contributed by atoms with van der Waals surface area (Å²) in [6.07, 6.45) is 0.998. The molecule has 1 unspecified atom stereocenters. The van der Waals surface area contributed by atoms with Crippen LogP contribution in [0.25, 0.3) is 21.9 Å². The predicted molar refractivity (Wildman–Crippen MR) is 153 cm³/mol. The molecule has 3 nitrogen and oxygen atoms in total. The Morgan fingerprint density at radius 3 is 2.06 bits per heavy atom. The first-order valence-corrected chi connectivity index (χ1v) is 12.5. The summed E-state index contributed by atoms with van der Waals surface area (Å²) in [6.45, 7) is 4.38. The number of rotatable bonds is 6. The van der Waals surface area contributed by atoms with Crippen molar-refractivity contribution in [2.75, 3.05) is 4.90 Å². The average Bonchev–Trinajstić information content (AvgIpc) is 2.96. The third kappa shape index (κ3) is 4.60. The van der Waals surface area contributed by atoms with Crippen molar-refractivity contribution in [3.8, 4) is 11.1 Å². The third-order valence-corrected chi connectivity index (χ3v) is 6.89. The Kier molecular flexibility index (Phi) is 6.81. The van der Waals surface area contributed by atoms with E-state index in [1.807, 2.05) is 6.07 Å². The van der Waals surface area contributed by atoms with E-state index >= 15 is 0 Å². The van der Waals surface area contributed by atoms with Crippen molar-refractivity contribution in [1.29, 1.82) is 0 Å². The van der Waals surface area contributed by atoms with E-state index in [4.69, 9.17) is 5.84 Å². The molecule has 0 aliphatic carbocycles. The van der Waals surface area contributed by atoms with E-state index in [2.05, 4.69) is 139 Å². The van der Waals surface area contributed by atoms with E-state index in [0.717, 1.165) is 34.3 Å². The Hall–Kier alpha value is -4.37. The molecule has 5 rings (SSSR count). The zero-order valence-corrected chi connectivity index (χ0v) is 20.8. The number of hydrogen-bond acceptors (Lipinski definition) is 2. The minimum Gasteiger partial charge on any atom is -0.321 e. The summed E-state index contributed by atoms with van der Waals surface area (Å²) >= 11 is 0. The Bertz CT molecular complexity index is 1460. The zero-order valence-electron chi connectivity index (χ0n) is 20.8. The first kappa shape index (κ1) is 23.4. The van der Waals surface area contributed by atoms with Gasteiger partial charge in [0.15, 0.2) is 5.84 Å². The lowest BCUT2D eigenvalue weighted by atomic mass is 9.98. The Balaban J connectivity index is 1.60. The monoisotopic (exact) mass is 469 g/mol. The van der Waals surface area contributed by atoms with Gasteiger partial charge in [0.05, 0.1) is 6.04 Å². The number of aryl methyl sites for hydroxylation is 1. The highest BCUT2D eigenvalue weighted by molar-refractivity contribution is 6.17. The molecule has 0 bridgehead atoms. The SMILES string of the molecule is CCc1ccc(N(/C(=N\N)c2cccc3ccccc23)C(C)c2ccc(-c3ccccc3)cc2)cc1. The third-order valence-electron chi connectivity index (χ3n) is 6.89. The summed E-state index contributed by atoms with van der Waals surface area (Å²) < 4.78 is 0. The second-order valence-electron chi connectivity index (χ2n) is 9.03. The second-order valence-corrected chi connectivity index (χ2v) is 9.03. The summed E-state index contributed by atoms with van der Waals surface area (Å²) in [5.41, 5.74) is 6.98. The van der Waals surface area contributed by atoms with Crippen molar-refractivity contribution in [3.63, 3.8) is 0 Å². The van der Waals surface area contributed by atoms with Crippen molar-refractivity contribution in [3.05, 3.63) is 138 Å². The highest BCUT2D eigenvalue weighted by Crippen LogP contribution is 2.32. The van der Waals surface area contributed by atoms with Crippen LogP contribution in [0.3, 0.4) is 0 Å². The maximum Gasteiger partial charge on any atom is 0.161 e. The van der Waals surface area contributed by atoms with Crippen molar-refractivity contribution in [1.82, 2.24) is 0 Å². The molecule has 1 atom stereocenters. The summed E-state index contributed by atoms with van der Waals surface area (Å²) in [4.78, 5) is 2.25. The summed E-state index contributed by atoms with van der Waals surface area (Å²) in [5.74, 6) is 6.90. The van der Waals surface area contributed by atoms with Crippen molar-refractivity contribution in [2.24, 2.45) is 10.9 Å². The molecule has 0 radical (unpaired) electrons. The van der Waals surface area contributed by atoms with Gasteiger partial charge in [0.2, 0.25) is 0 Å². The van der Waals surface area contributed by atoms with Gasteiger partial charge in [-0.25, -0.2) is 0 Å². The minimum atomic E-state index is 0.00330. The summed E-state index contributed by atoms with van der Waals surface area (Å²) in [5, 5.41) is 6.68. The van der Waals surface area contributed by atoms with Gasteiger partial charge in [-0.05, 0) is 58.5 Å². The van der Waals surface area contributed by atoms with Crippen LogP contribution in [0.4, 0.5) is 5.69 Å². The summed E-state index contributed by atoms with van der Waals surface area (Å²) in [6, 6.07) is 42.6. The van der Waals surface area contributed by atoms with Crippen LogP contribution in [0.2, 0.25) is 0 Å². The van der Waals surface area contributed by atoms with E-state index in [-0.39, 0.29) is 6.04 Å². The highest BCUT2D eigenvalue weighted by Gasteiger charge is 2.24. The molecule has 178 valence electrons. The second kappa shape index (κ2) is 10.5. The molecule has 0 heterocycles. The van der Waals surface area contributed by atoms with Crippen LogP contribution in [0.1, 0.15) is 36.6 Å². The van der Waals surface area contributed by atoms with E-state index in [9.17, 15) is 0 Å². The smallest absolute Gasteiger partial charge is 0.161 e. The normalized spacial score (nSPS) is 12.4. The van der Waals surface area contributed by atoms with Crippen LogP contribution in [0.15, 0.2) is 126 Å². The molecule has 3 heteroatoms. The standard InChI is InChI=1S/C33H31N3/c1-3-25-16-22-30(23-17-25)36(33(35-34)32-15-9-13-29-12-7-8-14-31(29)32)24(2)26-18-20-28(21-19-26)27-10-5-4-6-11-27/h4-24H,3,34H2,1-2H3/b35-33-. The largest absolute Gasteiger partial charge is 0.321 e. The first-order valence-electron chi connectivity index (χ1n) is 12.5. The lowest BCUT2D eigenvalue weighted by molar-refractivity contribution is 0.789. The molecule has 5 aromatic rings. The van der Waals surface area contributed by atoms with Gasteiger partial charge in [-0.15, -0.1) is 0 Å². The number of anilines is 1. The van der Waals surface area contributed by atoms with Crippen LogP contribution >= 0.6 is 0 Å². The molecule has 36 heavy (non-hydrogen) atoms. The van der Waals surface area contributed by atoms with E-state index in [1.54, 1.807) is 0 Å². The number of nitrogens with zero attached hydrogens (tertiary/aromatic N) is 2. The van der Waals surface area contributed by atoms with Gasteiger partial charge >= 0.3 is 0 Å². The highest BCUT2D eigenvalue weighted by atomic mass is 15.3. The number of hydrogen-bond donors (Lipinski definition) is 1. The minimum absolute atomic E-state index is 0.00330. The maximum atomic E-state index is 6.15. The van der Waals surface area contributed by atoms with Gasteiger partial charge in [0, 0.05) is 11.3 Å². The Morgan fingerprint density at radius 1 is 0.722 bits per heavy atom. The molecule has 0 saturated heterocycles. The molecular formula is C33H31N3. The fourth-order valence-electron chi connectivity index (χ4n) is 4.84. The first-order chi connectivity index (χ1) is 17.7. The number of nitrogens with two attached hydrogens (primary N) is 1. The van der Waals surface area contributed by atoms with Gasteiger partial charge < -0.3 is 10.7 Å². The molecule has 0 aliphatic rings. The van der Waals surface area contributed by atoms with Gasteiger partial charge in [-0.2, -0.15) is 5.10 Å². The molecule has 2 N–H and O–H groups in total. The van der Waals surface area contributed by atoms with Crippen molar-refractivity contribution < 1.29 is 0 Å². The van der Waals surface area contributed by atoms with Crippen LogP contribution in [-0.4, -0.2) is 5.84 Å². The van der Waals surface area contributed by atoms with Gasteiger partial charge in [0.1, 0.15) is 0 Å². The molecule has 0 saturated carbocycles. The van der Waals surface area contributed by atoms with Crippen LogP contribution < -0.4 is 10.7 Å². The van der Waals surface area contributed by atoms with Crippen LogP contribution in [0.5, 0.6) is 0 Å². The van der Waals surface area contributed by atoms with Crippen molar-refractivity contribution >= 4 is 22.3 Å². The van der Waals surface area contributed by atoms with Gasteiger partial charge in [-0.3, -0.25) is 0 Å². The van der Waals surface area contributed by atoms with Crippen LogP contribution in [-0.2, 0) is 6.42 Å². The lowest BCUT2D eigenvalue weighted by Gasteiger charge is -2.33. The molecule has 0 aromatic heterocycles. The van der Waals surface area contributed by atoms with E-state index in [0.29, 0.717) is 0 Å². The fourth-order valence-corrected chi connectivity index (χ4v) is 4.84. The quantitative estimate of drug-likeness (QED) is 0.119. The molecule has 0 spiro atoms. The number of fused-ring (bicyclic) bond motifs is 1. The van der Waals surface area contributed by atoms with E-state index < -0.39 is 0 Å². The van der Waals surface area contributed by atoms with Gasteiger partial charge in [-0.1, -0.05) is 116 Å². The molecule has 0 amide bonds. The van der Waals surface area contributed by atoms with Crippen LogP contribution in [0, 0.1) is 0 Å². The predicted octanol–water partition coefficient (Wildman–Crippen LogP) is 7.96. The topological polar surface area (TPSA) is 41.6 Å². The average molecular weight is 470 g/mol. The Morgan fingerprint density at radius 2 is 1.36 bits per heavy atom. The number of hydrazone groups is 1.